The van der Waals surface area contributed by atoms with Crippen molar-refractivity contribution in [3.05, 3.63) is 64.4 Å². The van der Waals surface area contributed by atoms with Crippen LogP contribution in [0.15, 0.2) is 47.6 Å². The highest BCUT2D eigenvalue weighted by molar-refractivity contribution is 7.09. The smallest absolute Gasteiger partial charge is 0.336 e. The Bertz CT molecular complexity index is 975. The van der Waals surface area contributed by atoms with Crippen LogP contribution in [0, 0.1) is 5.82 Å². The Morgan fingerprint density at radius 3 is 2.73 bits per heavy atom. The van der Waals surface area contributed by atoms with Gasteiger partial charge in [-0.05, 0) is 42.5 Å². The molecule has 0 spiro atoms. The molecular weight excluding hydrogens is 379 g/mol. The molecule has 1 aromatic heterocycles. The number of hydrogen-bond donors (Lipinski definition) is 1. The lowest BCUT2D eigenvalue weighted by Gasteiger charge is -2.08. The molecule has 0 aliphatic heterocycles. The summed E-state index contributed by atoms with van der Waals surface area (Å²) < 4.78 is 17.5. The largest absolute Gasteiger partial charge is 0.478 e. The third-order valence-corrected chi connectivity index (χ3v) is 4.45. The molecule has 26 heavy (non-hydrogen) atoms. The van der Waals surface area contributed by atoms with Gasteiger partial charge in [0.1, 0.15) is 5.82 Å². The van der Waals surface area contributed by atoms with Crippen LogP contribution in [-0.2, 0) is 0 Å². The standard InChI is InChI=1S/C17H12ClFN4O2S/c1-23(20-9-11-4-7-13(19)8-14(11)16(24)25)17-21-15(22-26-17)10-2-5-12(18)6-3-10/h2-9H,1H3,(H,24,25)/b20-9+. The monoisotopic (exact) mass is 390 g/mol. The van der Waals surface area contributed by atoms with Crippen molar-refractivity contribution in [3.63, 3.8) is 0 Å². The number of carbonyl (C=O) groups is 1. The minimum atomic E-state index is -1.23. The maximum atomic E-state index is 13.2. The zero-order valence-electron chi connectivity index (χ0n) is 13.4. The van der Waals surface area contributed by atoms with E-state index in [9.17, 15) is 9.18 Å². The van der Waals surface area contributed by atoms with E-state index in [1.165, 1.54) is 23.4 Å². The average molecular weight is 391 g/mol. The summed E-state index contributed by atoms with van der Waals surface area (Å²) in [6.45, 7) is 0. The Kier molecular flexibility index (Phi) is 5.24. The number of aromatic carboxylic acids is 1. The molecule has 0 amide bonds. The van der Waals surface area contributed by atoms with Gasteiger partial charge in [0.25, 0.3) is 0 Å². The summed E-state index contributed by atoms with van der Waals surface area (Å²) in [6.07, 6.45) is 1.34. The number of carboxylic acid groups (broad SMARTS) is 1. The van der Waals surface area contributed by atoms with Crippen molar-refractivity contribution in [1.82, 2.24) is 9.36 Å². The van der Waals surface area contributed by atoms with Crippen molar-refractivity contribution in [2.45, 2.75) is 0 Å². The zero-order valence-corrected chi connectivity index (χ0v) is 15.0. The Labute approximate surface area is 157 Å². The number of aromatic nitrogens is 2. The van der Waals surface area contributed by atoms with E-state index >= 15 is 0 Å². The molecule has 0 saturated carbocycles. The summed E-state index contributed by atoms with van der Waals surface area (Å²) in [4.78, 5) is 15.6. The van der Waals surface area contributed by atoms with Crippen LogP contribution >= 0.6 is 23.1 Å². The summed E-state index contributed by atoms with van der Waals surface area (Å²) in [6, 6.07) is 10.6. The van der Waals surface area contributed by atoms with Crippen LogP contribution < -0.4 is 5.01 Å². The summed E-state index contributed by atoms with van der Waals surface area (Å²) in [5.41, 5.74) is 0.940. The van der Waals surface area contributed by atoms with Crippen molar-refractivity contribution in [3.8, 4) is 11.4 Å². The number of anilines is 1. The molecule has 6 nitrogen and oxygen atoms in total. The minimum Gasteiger partial charge on any atom is -0.478 e. The molecule has 3 rings (SSSR count). The molecule has 0 atom stereocenters. The normalized spacial score (nSPS) is 11.0. The maximum absolute atomic E-state index is 13.2. The fourth-order valence-corrected chi connectivity index (χ4v) is 2.82. The van der Waals surface area contributed by atoms with E-state index in [4.69, 9.17) is 16.7 Å². The third kappa shape index (κ3) is 4.04. The van der Waals surface area contributed by atoms with Gasteiger partial charge >= 0.3 is 5.97 Å². The topological polar surface area (TPSA) is 78.7 Å². The third-order valence-electron chi connectivity index (χ3n) is 3.41. The van der Waals surface area contributed by atoms with Crippen molar-refractivity contribution in [2.24, 2.45) is 5.10 Å². The lowest BCUT2D eigenvalue weighted by atomic mass is 10.1. The number of hydrazone groups is 1. The molecular formula is C17H12ClFN4O2S. The first-order chi connectivity index (χ1) is 12.4. The quantitative estimate of drug-likeness (QED) is 0.522. The molecule has 1 heterocycles. The SMILES string of the molecule is CN(/N=C/c1ccc(F)cc1C(=O)O)c1nc(-c2ccc(Cl)cc2)ns1. The van der Waals surface area contributed by atoms with Crippen molar-refractivity contribution in [2.75, 3.05) is 12.1 Å². The van der Waals surface area contributed by atoms with Gasteiger partial charge in [-0.3, -0.25) is 0 Å². The van der Waals surface area contributed by atoms with E-state index in [2.05, 4.69) is 14.5 Å². The van der Waals surface area contributed by atoms with Gasteiger partial charge in [0.05, 0.1) is 11.8 Å². The summed E-state index contributed by atoms with van der Waals surface area (Å²) in [7, 11) is 1.66. The van der Waals surface area contributed by atoms with E-state index < -0.39 is 11.8 Å². The first-order valence-electron chi connectivity index (χ1n) is 7.34. The molecule has 3 aromatic rings. The summed E-state index contributed by atoms with van der Waals surface area (Å²) >= 11 is 7.01. The van der Waals surface area contributed by atoms with E-state index in [1.807, 2.05) is 12.1 Å². The molecule has 0 fully saturated rings. The highest BCUT2D eigenvalue weighted by atomic mass is 35.5. The molecule has 0 bridgehead atoms. The lowest BCUT2D eigenvalue weighted by molar-refractivity contribution is 0.0696. The Morgan fingerprint density at radius 1 is 1.31 bits per heavy atom. The van der Waals surface area contributed by atoms with E-state index in [0.29, 0.717) is 16.0 Å². The second-order valence-corrected chi connectivity index (χ2v) is 6.38. The van der Waals surface area contributed by atoms with Crippen LogP contribution in [-0.4, -0.2) is 33.7 Å². The highest BCUT2D eigenvalue weighted by Crippen LogP contribution is 2.24. The lowest BCUT2D eigenvalue weighted by Crippen LogP contribution is -2.10. The second kappa shape index (κ2) is 7.59. The predicted molar refractivity (Wildman–Crippen MR) is 99.7 cm³/mol. The van der Waals surface area contributed by atoms with Crippen LogP contribution in [0.4, 0.5) is 9.52 Å². The highest BCUT2D eigenvalue weighted by Gasteiger charge is 2.12. The Morgan fingerprint density at radius 2 is 2.04 bits per heavy atom. The van der Waals surface area contributed by atoms with E-state index in [0.717, 1.165) is 23.2 Å². The number of halogens is 2. The number of benzene rings is 2. The van der Waals surface area contributed by atoms with Crippen LogP contribution in [0.2, 0.25) is 5.02 Å². The van der Waals surface area contributed by atoms with Gasteiger partial charge in [-0.25, -0.2) is 14.2 Å². The number of hydrogen-bond acceptors (Lipinski definition) is 6. The molecule has 2 aromatic carbocycles. The van der Waals surface area contributed by atoms with Crippen molar-refractivity contribution >= 4 is 40.4 Å². The van der Waals surface area contributed by atoms with Crippen LogP contribution in [0.5, 0.6) is 0 Å². The van der Waals surface area contributed by atoms with Crippen LogP contribution in [0.1, 0.15) is 15.9 Å². The number of carboxylic acids is 1. The Balaban J connectivity index is 1.81. The molecule has 0 radical (unpaired) electrons. The van der Waals surface area contributed by atoms with Gasteiger partial charge in [0.15, 0.2) is 5.82 Å². The van der Waals surface area contributed by atoms with Crippen LogP contribution in [0.25, 0.3) is 11.4 Å². The van der Waals surface area contributed by atoms with Gasteiger partial charge in [-0.15, -0.1) is 0 Å². The number of rotatable bonds is 5. The molecule has 0 aliphatic carbocycles. The molecule has 0 unspecified atom stereocenters. The van der Waals surface area contributed by atoms with Gasteiger partial charge in [-0.2, -0.15) is 14.5 Å². The predicted octanol–water partition coefficient (Wildman–Crippen LogP) is 4.17. The fraction of sp³-hybridized carbons (Fsp3) is 0.0588. The number of nitrogens with zero attached hydrogens (tertiary/aromatic N) is 4. The van der Waals surface area contributed by atoms with E-state index in [-0.39, 0.29) is 11.1 Å². The molecule has 132 valence electrons. The van der Waals surface area contributed by atoms with Gasteiger partial charge in [-0.1, -0.05) is 11.6 Å². The summed E-state index contributed by atoms with van der Waals surface area (Å²) in [5, 5.41) is 15.9. The second-order valence-electron chi connectivity index (χ2n) is 5.21. The molecule has 9 heteroatoms. The van der Waals surface area contributed by atoms with Gasteiger partial charge < -0.3 is 5.11 Å². The average Bonchev–Trinajstić information content (AvgIpc) is 3.11. The van der Waals surface area contributed by atoms with Crippen LogP contribution in [0.3, 0.4) is 0 Å². The first-order valence-corrected chi connectivity index (χ1v) is 8.49. The maximum Gasteiger partial charge on any atom is 0.336 e. The Hall–Kier alpha value is -2.84. The minimum absolute atomic E-state index is 0.165. The van der Waals surface area contributed by atoms with Gasteiger partial charge in [0.2, 0.25) is 5.13 Å². The zero-order chi connectivity index (χ0) is 18.7. The van der Waals surface area contributed by atoms with Crippen molar-refractivity contribution in [1.29, 1.82) is 0 Å². The molecule has 0 aliphatic rings. The first kappa shape index (κ1) is 18.0. The molecule has 0 saturated heterocycles. The fourth-order valence-electron chi connectivity index (χ4n) is 2.09. The van der Waals surface area contributed by atoms with E-state index in [1.54, 1.807) is 19.2 Å². The van der Waals surface area contributed by atoms with Crippen molar-refractivity contribution < 1.29 is 14.3 Å². The summed E-state index contributed by atoms with van der Waals surface area (Å²) in [5.74, 6) is -1.31. The van der Waals surface area contributed by atoms with Gasteiger partial charge in [0, 0.05) is 34.7 Å². The molecule has 1 N–H and O–H groups in total.